The quantitative estimate of drug-likeness (QED) is 0.338. The number of carbonyl (C=O) groups excluding carboxylic acids is 1. The van der Waals surface area contributed by atoms with Crippen LogP contribution in [0.1, 0.15) is 47.8 Å². The third kappa shape index (κ3) is 7.14. The zero-order valence-electron chi connectivity index (χ0n) is 22.4. The molecule has 0 unspecified atom stereocenters. The molecule has 0 saturated carbocycles. The molecule has 1 aliphatic rings. The Bertz CT molecular complexity index is 1190. The molecule has 0 radical (unpaired) electrons. The van der Waals surface area contributed by atoms with Gasteiger partial charge in [0.05, 0.1) is 6.10 Å². The minimum Gasteiger partial charge on any atom is -0.459 e. The molecule has 2 aromatic carbocycles. The molecule has 202 valence electrons. The zero-order valence-corrected chi connectivity index (χ0v) is 22.4. The summed E-state index contributed by atoms with van der Waals surface area (Å²) in [7, 11) is 0. The lowest BCUT2D eigenvalue weighted by Gasteiger charge is -2.36. The zero-order chi connectivity index (χ0) is 27.1. The second-order valence-electron chi connectivity index (χ2n) is 9.91. The first-order chi connectivity index (χ1) is 18.3. The summed E-state index contributed by atoms with van der Waals surface area (Å²) in [5, 5.41) is 0. The lowest BCUT2D eigenvalue weighted by molar-refractivity contribution is 0.0378. The highest BCUT2D eigenvalue weighted by Gasteiger charge is 2.24. The summed E-state index contributed by atoms with van der Waals surface area (Å²) >= 11 is 0. The van der Waals surface area contributed by atoms with Crippen molar-refractivity contribution in [1.82, 2.24) is 14.8 Å². The van der Waals surface area contributed by atoms with Crippen molar-refractivity contribution in [1.29, 1.82) is 0 Å². The number of anilines is 1. The van der Waals surface area contributed by atoms with Gasteiger partial charge in [-0.05, 0) is 55.8 Å². The van der Waals surface area contributed by atoms with Crippen LogP contribution in [0.25, 0.3) is 0 Å². The van der Waals surface area contributed by atoms with Gasteiger partial charge in [0.2, 0.25) is 0 Å². The highest BCUT2D eigenvalue weighted by molar-refractivity contribution is 5.94. The van der Waals surface area contributed by atoms with Gasteiger partial charge in [0.1, 0.15) is 23.0 Å². The summed E-state index contributed by atoms with van der Waals surface area (Å²) in [5.74, 6) is -0.675. The molecule has 0 spiro atoms. The Kier molecular flexibility index (Phi) is 9.42. The number of rotatable bonds is 10. The van der Waals surface area contributed by atoms with Crippen LogP contribution < -0.4 is 4.90 Å². The van der Waals surface area contributed by atoms with Gasteiger partial charge < -0.3 is 9.64 Å². The van der Waals surface area contributed by atoms with Crippen LogP contribution >= 0.6 is 0 Å². The molecule has 8 heteroatoms. The topological polar surface area (TPSA) is 48.9 Å². The van der Waals surface area contributed by atoms with Crippen molar-refractivity contribution in [3.05, 3.63) is 94.7 Å². The average molecular weight is 523 g/mol. The van der Waals surface area contributed by atoms with E-state index in [-0.39, 0.29) is 24.2 Å². The van der Waals surface area contributed by atoms with E-state index in [1.807, 2.05) is 25.7 Å². The van der Waals surface area contributed by atoms with Crippen LogP contribution in [-0.4, -0.2) is 59.6 Å². The number of hydrogen-bond donors (Lipinski definition) is 0. The van der Waals surface area contributed by atoms with Crippen molar-refractivity contribution in [3.8, 4) is 0 Å². The summed E-state index contributed by atoms with van der Waals surface area (Å²) in [6.45, 7) is 11.3. The van der Waals surface area contributed by atoms with Crippen molar-refractivity contribution in [2.75, 3.05) is 37.6 Å². The van der Waals surface area contributed by atoms with Gasteiger partial charge in [0, 0.05) is 57.6 Å². The lowest BCUT2D eigenvalue weighted by atomic mass is 10.1. The summed E-state index contributed by atoms with van der Waals surface area (Å²) < 4.78 is 33.6. The van der Waals surface area contributed by atoms with E-state index in [2.05, 4.69) is 39.0 Å². The molecule has 1 fully saturated rings. The number of nitrogens with zero attached hydrogens (tertiary/aromatic N) is 4. The molecule has 4 rings (SSSR count). The smallest absolute Gasteiger partial charge is 0.342 e. The summed E-state index contributed by atoms with van der Waals surface area (Å²) in [5.41, 5.74) is 2.93. The van der Waals surface area contributed by atoms with Crippen molar-refractivity contribution < 1.29 is 18.3 Å². The molecule has 0 bridgehead atoms. The first kappa shape index (κ1) is 27.7. The van der Waals surface area contributed by atoms with E-state index < -0.39 is 11.6 Å². The molecule has 6 nitrogen and oxygen atoms in total. The Hall–Kier alpha value is -3.36. The van der Waals surface area contributed by atoms with Gasteiger partial charge in [-0.2, -0.15) is 0 Å². The molecular weight excluding hydrogens is 486 g/mol. The van der Waals surface area contributed by atoms with E-state index in [9.17, 15) is 13.6 Å². The number of aromatic nitrogens is 1. The molecule has 0 aliphatic carbocycles. The number of carbonyl (C=O) groups is 1. The van der Waals surface area contributed by atoms with E-state index >= 15 is 0 Å². The van der Waals surface area contributed by atoms with E-state index in [1.165, 1.54) is 23.8 Å². The normalized spacial score (nSPS) is 14.3. The Morgan fingerprint density at radius 1 is 0.947 bits per heavy atom. The second kappa shape index (κ2) is 12.9. The van der Waals surface area contributed by atoms with E-state index in [0.29, 0.717) is 24.5 Å². The van der Waals surface area contributed by atoms with Gasteiger partial charge in [-0.1, -0.05) is 37.3 Å². The van der Waals surface area contributed by atoms with Gasteiger partial charge in [-0.25, -0.2) is 18.6 Å². The maximum Gasteiger partial charge on any atom is 0.342 e. The lowest BCUT2D eigenvalue weighted by Crippen LogP contribution is -2.46. The number of pyridine rings is 1. The fraction of sp³-hybridized carbons (Fsp3) is 0.400. The van der Waals surface area contributed by atoms with Gasteiger partial charge >= 0.3 is 5.97 Å². The SMILES string of the molecule is CCN(Cc1ccc(CN2CCN(c3ncccc3C(=O)OC(C)C)CC2)cc1)Cc1c(F)cccc1F. The second-order valence-corrected chi connectivity index (χ2v) is 9.91. The monoisotopic (exact) mass is 522 g/mol. The predicted molar refractivity (Wildman–Crippen MR) is 145 cm³/mol. The van der Waals surface area contributed by atoms with Gasteiger partial charge in [0.25, 0.3) is 0 Å². The summed E-state index contributed by atoms with van der Waals surface area (Å²) in [6.07, 6.45) is 1.53. The van der Waals surface area contributed by atoms with Crippen molar-refractivity contribution in [3.63, 3.8) is 0 Å². The highest BCUT2D eigenvalue weighted by atomic mass is 19.1. The van der Waals surface area contributed by atoms with Crippen LogP contribution in [0.4, 0.5) is 14.6 Å². The fourth-order valence-electron chi connectivity index (χ4n) is 4.66. The molecule has 1 aromatic heterocycles. The summed E-state index contributed by atoms with van der Waals surface area (Å²) in [4.78, 5) is 23.6. The Labute approximate surface area is 223 Å². The Morgan fingerprint density at radius 2 is 1.61 bits per heavy atom. The van der Waals surface area contributed by atoms with Gasteiger partial charge in [-0.15, -0.1) is 0 Å². The first-order valence-corrected chi connectivity index (χ1v) is 13.2. The number of ether oxygens (including phenoxy) is 1. The molecule has 0 amide bonds. The van der Waals surface area contributed by atoms with Crippen molar-refractivity contribution in [2.45, 2.75) is 46.5 Å². The number of piperazine rings is 1. The number of benzene rings is 2. The predicted octanol–water partition coefficient (Wildman–Crippen LogP) is 5.27. The molecule has 3 aromatic rings. The maximum atomic E-state index is 14.1. The van der Waals surface area contributed by atoms with Crippen molar-refractivity contribution in [2.24, 2.45) is 0 Å². The first-order valence-electron chi connectivity index (χ1n) is 13.2. The Balaban J connectivity index is 1.31. The maximum absolute atomic E-state index is 14.1. The van der Waals surface area contributed by atoms with Crippen LogP contribution in [0, 0.1) is 11.6 Å². The number of halogens is 2. The minimum absolute atomic E-state index is 0.111. The fourth-order valence-corrected chi connectivity index (χ4v) is 4.66. The van der Waals surface area contributed by atoms with Crippen LogP contribution in [0.2, 0.25) is 0 Å². The van der Waals surface area contributed by atoms with E-state index in [0.717, 1.165) is 38.3 Å². The molecular formula is C30H36F2N4O2. The molecule has 2 heterocycles. The third-order valence-electron chi connectivity index (χ3n) is 6.75. The molecule has 0 atom stereocenters. The number of hydrogen-bond acceptors (Lipinski definition) is 6. The molecule has 38 heavy (non-hydrogen) atoms. The van der Waals surface area contributed by atoms with Gasteiger partial charge in [0.15, 0.2) is 0 Å². The van der Waals surface area contributed by atoms with Gasteiger partial charge in [-0.3, -0.25) is 9.80 Å². The van der Waals surface area contributed by atoms with Crippen molar-refractivity contribution >= 4 is 11.8 Å². The van der Waals surface area contributed by atoms with Crippen LogP contribution in [0.5, 0.6) is 0 Å². The highest BCUT2D eigenvalue weighted by Crippen LogP contribution is 2.22. The van der Waals surface area contributed by atoms with E-state index in [1.54, 1.807) is 18.3 Å². The number of esters is 1. The average Bonchev–Trinajstić information content (AvgIpc) is 2.91. The van der Waals surface area contributed by atoms with Crippen LogP contribution in [0.3, 0.4) is 0 Å². The third-order valence-corrected chi connectivity index (χ3v) is 6.75. The minimum atomic E-state index is -0.506. The van der Waals surface area contributed by atoms with Crippen LogP contribution in [0.15, 0.2) is 60.8 Å². The standard InChI is InChI=1S/C30H36F2N4O2/c1-4-34(21-26-27(31)8-5-9-28(26)32)19-23-10-12-24(13-11-23)20-35-15-17-36(18-16-35)29-25(7-6-14-33-29)30(37)38-22(2)3/h5-14,22H,4,15-21H2,1-3H3. The Morgan fingerprint density at radius 3 is 2.24 bits per heavy atom. The van der Waals surface area contributed by atoms with Crippen LogP contribution in [-0.2, 0) is 24.4 Å². The largest absolute Gasteiger partial charge is 0.459 e. The van der Waals surface area contributed by atoms with E-state index in [4.69, 9.17) is 4.74 Å². The molecule has 0 N–H and O–H groups in total. The molecule has 1 saturated heterocycles. The summed E-state index contributed by atoms with van der Waals surface area (Å²) in [6, 6.07) is 16.0. The molecule has 1 aliphatic heterocycles.